The molecule has 1 aliphatic heterocycles. The zero-order chi connectivity index (χ0) is 7.56. The van der Waals surface area contributed by atoms with Crippen LogP contribution >= 0.6 is 0 Å². The Labute approximate surface area is 60.6 Å². The Morgan fingerprint density at radius 1 is 1.50 bits per heavy atom. The lowest BCUT2D eigenvalue weighted by Crippen LogP contribution is -2.32. The van der Waals surface area contributed by atoms with Crippen LogP contribution in [0.5, 0.6) is 0 Å². The first-order chi connectivity index (χ1) is 4.79. The minimum Gasteiger partial charge on any atom is -0.760 e. The highest BCUT2D eigenvalue weighted by Gasteiger charge is 2.26. The average molecular weight is 145 g/mol. The minimum atomic E-state index is -0.00926. The van der Waals surface area contributed by atoms with Crippen molar-refractivity contribution in [3.05, 3.63) is 5.21 Å². The van der Waals surface area contributed by atoms with Gasteiger partial charge in [-0.3, -0.25) is 0 Å². The number of hydrogen-bond donors (Lipinski definition) is 1. The second-order valence-corrected chi connectivity index (χ2v) is 2.48. The summed E-state index contributed by atoms with van der Waals surface area (Å²) in [6, 6.07) is 0.187. The lowest BCUT2D eigenvalue weighted by molar-refractivity contribution is -0.137. The quantitative estimate of drug-likeness (QED) is 0.624. The fourth-order valence-corrected chi connectivity index (χ4v) is 1.20. The van der Waals surface area contributed by atoms with Crippen molar-refractivity contribution in [3.63, 3.8) is 0 Å². The highest BCUT2D eigenvalue weighted by Crippen LogP contribution is 2.16. The molecule has 1 N–H and O–H groups in total. The van der Waals surface area contributed by atoms with Gasteiger partial charge in [-0.15, -0.1) is 0 Å². The largest absolute Gasteiger partial charge is 0.760 e. The van der Waals surface area contributed by atoms with E-state index in [-0.39, 0.29) is 12.1 Å². The molecule has 10 heavy (non-hydrogen) atoms. The smallest absolute Gasteiger partial charge is 0.0506 e. The third kappa shape index (κ3) is 1.29. The van der Waals surface area contributed by atoms with Gasteiger partial charge in [0, 0.05) is 6.04 Å². The summed E-state index contributed by atoms with van der Waals surface area (Å²) in [5.41, 5.74) is 2.67. The molecule has 0 aliphatic carbocycles. The zero-order valence-electron chi connectivity index (χ0n) is 6.33. The number of rotatable bonds is 2. The van der Waals surface area contributed by atoms with Crippen LogP contribution in [0.4, 0.5) is 0 Å². The Kier molecular flexibility index (Phi) is 2.62. The van der Waals surface area contributed by atoms with Crippen LogP contribution in [-0.2, 0) is 4.94 Å². The molecule has 0 saturated carbocycles. The Morgan fingerprint density at radius 2 is 2.20 bits per heavy atom. The van der Waals surface area contributed by atoms with E-state index in [0.29, 0.717) is 5.23 Å². The fourth-order valence-electron chi connectivity index (χ4n) is 1.20. The summed E-state index contributed by atoms with van der Waals surface area (Å²) in [5.74, 6) is 0. The Morgan fingerprint density at radius 3 is 2.60 bits per heavy atom. The van der Waals surface area contributed by atoms with Crippen molar-refractivity contribution in [1.29, 1.82) is 0 Å². The minimum absolute atomic E-state index is 0.00926. The zero-order valence-corrected chi connectivity index (χ0v) is 6.33. The van der Waals surface area contributed by atoms with Crippen LogP contribution in [0.2, 0.25) is 0 Å². The summed E-state index contributed by atoms with van der Waals surface area (Å²) < 4.78 is 0. The molecule has 2 unspecified atom stereocenters. The van der Waals surface area contributed by atoms with Gasteiger partial charge in [-0.05, 0) is 12.8 Å². The third-order valence-corrected chi connectivity index (χ3v) is 1.89. The van der Waals surface area contributed by atoms with E-state index in [4.69, 9.17) is 0 Å². The van der Waals surface area contributed by atoms with Crippen LogP contribution < -0.4 is 5.48 Å². The first kappa shape index (κ1) is 7.94. The summed E-state index contributed by atoms with van der Waals surface area (Å²) in [6.07, 6.45) is 1.76. The summed E-state index contributed by atoms with van der Waals surface area (Å²) in [4.78, 5) is 4.59. The molecule has 0 bridgehead atoms. The monoisotopic (exact) mass is 145 g/mol. The molecule has 1 rings (SSSR count). The van der Waals surface area contributed by atoms with Crippen LogP contribution in [-0.4, -0.2) is 17.3 Å². The van der Waals surface area contributed by atoms with Gasteiger partial charge in [0.25, 0.3) is 0 Å². The maximum absolute atomic E-state index is 10.8. The molecule has 4 nitrogen and oxygen atoms in total. The normalized spacial score (nSPS) is 35.1. The van der Waals surface area contributed by atoms with Gasteiger partial charge in [0.1, 0.15) is 0 Å². The molecule has 0 aromatic rings. The van der Waals surface area contributed by atoms with Gasteiger partial charge in [0.05, 0.1) is 6.04 Å². The van der Waals surface area contributed by atoms with Crippen molar-refractivity contribution in [2.24, 2.45) is 0 Å². The van der Waals surface area contributed by atoms with Gasteiger partial charge in [0.2, 0.25) is 0 Å². The lowest BCUT2D eigenvalue weighted by atomic mass is 10.1. The molecule has 0 radical (unpaired) electrons. The van der Waals surface area contributed by atoms with Crippen molar-refractivity contribution in [2.45, 2.75) is 38.8 Å². The number of nitrogens with one attached hydrogen (secondary N) is 1. The second-order valence-electron chi connectivity index (χ2n) is 2.48. The summed E-state index contributed by atoms with van der Waals surface area (Å²) in [7, 11) is 0. The van der Waals surface area contributed by atoms with E-state index in [1.54, 1.807) is 0 Å². The number of nitrogens with zero attached hydrogens (tertiary/aromatic N) is 1. The van der Waals surface area contributed by atoms with Crippen LogP contribution in [0.3, 0.4) is 0 Å². The molecule has 0 aromatic heterocycles. The van der Waals surface area contributed by atoms with E-state index in [0.717, 1.165) is 12.8 Å². The molecular weight excluding hydrogens is 132 g/mol. The maximum atomic E-state index is 10.8. The van der Waals surface area contributed by atoms with Crippen LogP contribution in [0, 0.1) is 5.21 Å². The highest BCUT2D eigenvalue weighted by molar-refractivity contribution is 4.80. The summed E-state index contributed by atoms with van der Waals surface area (Å²) in [5, 5.41) is 11.5. The molecular formula is C6H13N2O2-. The Balaban J connectivity index is 2.45. The molecule has 1 fully saturated rings. The second kappa shape index (κ2) is 3.30. The lowest BCUT2D eigenvalue weighted by Gasteiger charge is -2.26. The van der Waals surface area contributed by atoms with Crippen molar-refractivity contribution in [3.8, 4) is 0 Å². The van der Waals surface area contributed by atoms with Crippen molar-refractivity contribution < 1.29 is 4.94 Å². The maximum Gasteiger partial charge on any atom is 0.0506 e. The number of hydrogen-bond acceptors (Lipinski definition) is 4. The van der Waals surface area contributed by atoms with E-state index in [9.17, 15) is 5.21 Å². The van der Waals surface area contributed by atoms with Crippen molar-refractivity contribution in [2.75, 3.05) is 0 Å². The van der Waals surface area contributed by atoms with Gasteiger partial charge in [-0.1, -0.05) is 13.8 Å². The molecule has 0 spiro atoms. The van der Waals surface area contributed by atoms with E-state index < -0.39 is 0 Å². The topological polar surface area (TPSA) is 47.6 Å². The molecule has 1 heterocycles. The van der Waals surface area contributed by atoms with Crippen LogP contribution in [0.1, 0.15) is 26.7 Å². The van der Waals surface area contributed by atoms with Gasteiger partial charge in [-0.2, -0.15) is 5.48 Å². The molecule has 0 amide bonds. The molecule has 60 valence electrons. The number of hydroxylamine groups is 3. The Bertz CT molecular complexity index is 110. The summed E-state index contributed by atoms with van der Waals surface area (Å²) >= 11 is 0. The van der Waals surface area contributed by atoms with E-state index in [1.165, 1.54) is 0 Å². The standard InChI is InChI=1S/C6H13N2O2/c1-3-5-6(4-2)8(9)10-7-5/h5-7H,3-4H2,1-2H3/q-1. The van der Waals surface area contributed by atoms with Crippen molar-refractivity contribution >= 4 is 0 Å². The van der Waals surface area contributed by atoms with Gasteiger partial charge in [-0.25, -0.2) is 10.2 Å². The highest BCUT2D eigenvalue weighted by atomic mass is 17.0. The molecule has 1 aliphatic rings. The molecule has 0 aromatic carbocycles. The van der Waals surface area contributed by atoms with E-state index in [2.05, 4.69) is 10.4 Å². The van der Waals surface area contributed by atoms with Crippen molar-refractivity contribution in [1.82, 2.24) is 10.7 Å². The Hall–Kier alpha value is -0.160. The molecule has 4 heteroatoms. The predicted molar refractivity (Wildman–Crippen MR) is 37.6 cm³/mol. The predicted octanol–water partition coefficient (Wildman–Crippen LogP) is 0.793. The van der Waals surface area contributed by atoms with Gasteiger partial charge in [0.15, 0.2) is 0 Å². The van der Waals surface area contributed by atoms with Crippen LogP contribution in [0.25, 0.3) is 0 Å². The van der Waals surface area contributed by atoms with E-state index >= 15 is 0 Å². The molecule has 2 atom stereocenters. The summed E-state index contributed by atoms with van der Waals surface area (Å²) in [6.45, 7) is 4.01. The first-order valence-electron chi connectivity index (χ1n) is 3.68. The van der Waals surface area contributed by atoms with Gasteiger partial charge < -0.3 is 5.21 Å². The molecule has 1 saturated heterocycles. The first-order valence-corrected chi connectivity index (χ1v) is 3.68. The van der Waals surface area contributed by atoms with Crippen LogP contribution in [0.15, 0.2) is 0 Å². The van der Waals surface area contributed by atoms with Gasteiger partial charge >= 0.3 is 0 Å². The average Bonchev–Trinajstić information content (AvgIpc) is 2.30. The SMILES string of the molecule is CCC1NON([O-])C1CC. The van der Waals surface area contributed by atoms with E-state index in [1.807, 2.05) is 13.8 Å². The fraction of sp³-hybridized carbons (Fsp3) is 1.00. The third-order valence-electron chi connectivity index (χ3n) is 1.89.